The van der Waals surface area contributed by atoms with Gasteiger partial charge in [-0.2, -0.15) is 13.2 Å². The number of carbonyl (C=O) groups is 6. The fraction of sp³-hybridized carbons (Fsp3) is 0.434. The largest absolute Gasteiger partial charge is 0.508 e. The van der Waals surface area contributed by atoms with Crippen molar-refractivity contribution in [2.45, 2.75) is 91.8 Å². The van der Waals surface area contributed by atoms with Crippen molar-refractivity contribution in [2.24, 2.45) is 16.7 Å². The number of furan rings is 1. The summed E-state index contributed by atoms with van der Waals surface area (Å²) in [6.07, 6.45) is 3.57. The molecule has 1 aromatic heterocycles. The molecule has 3 atom stereocenters. The molecule has 3 fully saturated rings. The van der Waals surface area contributed by atoms with Gasteiger partial charge in [0.25, 0.3) is 17.1 Å². The van der Waals surface area contributed by atoms with Crippen LogP contribution in [0.15, 0.2) is 100 Å². The Morgan fingerprint density at radius 2 is 1.64 bits per heavy atom. The van der Waals surface area contributed by atoms with E-state index in [2.05, 4.69) is 0 Å². The summed E-state index contributed by atoms with van der Waals surface area (Å²) in [5, 5.41) is 11.1. The fourth-order valence-corrected chi connectivity index (χ4v) is 10.7. The van der Waals surface area contributed by atoms with Gasteiger partial charge in [-0.15, -0.1) is 0 Å². The van der Waals surface area contributed by atoms with Gasteiger partial charge in [0.05, 0.1) is 36.7 Å². The molecule has 3 aliphatic heterocycles. The van der Waals surface area contributed by atoms with E-state index in [0.717, 1.165) is 46.9 Å². The van der Waals surface area contributed by atoms with E-state index in [9.17, 15) is 47.0 Å². The number of carbonyl (C=O) groups excluding carboxylic acids is 6. The molecular weight excluding hydrogens is 926 g/mol. The van der Waals surface area contributed by atoms with Crippen LogP contribution < -0.4 is 0 Å². The monoisotopic (exact) mass is 984 g/mol. The molecule has 8 rings (SSSR count). The predicted octanol–water partition coefficient (Wildman–Crippen LogP) is 10.3. The summed E-state index contributed by atoms with van der Waals surface area (Å²) in [6.45, 7) is 8.16. The summed E-state index contributed by atoms with van der Waals surface area (Å²) < 4.78 is 49.4. The van der Waals surface area contributed by atoms with Crippen molar-refractivity contribution < 1.29 is 56.2 Å². The van der Waals surface area contributed by atoms with Gasteiger partial charge in [0.2, 0.25) is 11.8 Å². The molecule has 5 amide bonds. The molecule has 3 aromatic carbocycles. The van der Waals surface area contributed by atoms with E-state index in [0.29, 0.717) is 67.7 Å². The maximum atomic E-state index is 14.5. The zero-order valence-corrected chi connectivity index (χ0v) is 40.7. The summed E-state index contributed by atoms with van der Waals surface area (Å²) in [4.78, 5) is 86.0. The molecule has 0 spiro atoms. The zero-order valence-electron chi connectivity index (χ0n) is 39.9. The van der Waals surface area contributed by atoms with Crippen LogP contribution >= 0.6 is 11.8 Å². The molecular formula is C53H59F3N4O9S. The minimum absolute atomic E-state index is 0.0901. The van der Waals surface area contributed by atoms with E-state index < -0.39 is 46.5 Å². The average Bonchev–Trinajstić information content (AvgIpc) is 4.01. The summed E-state index contributed by atoms with van der Waals surface area (Å²) >= 11 is 0.711. The minimum Gasteiger partial charge on any atom is -0.508 e. The average molecular weight is 985 g/mol. The first-order valence-corrected chi connectivity index (χ1v) is 24.6. The van der Waals surface area contributed by atoms with Crippen molar-refractivity contribution in [1.82, 2.24) is 19.6 Å². The molecule has 372 valence electrons. The van der Waals surface area contributed by atoms with Gasteiger partial charge in [-0.3, -0.25) is 33.7 Å². The van der Waals surface area contributed by atoms with E-state index in [1.807, 2.05) is 48.5 Å². The van der Waals surface area contributed by atoms with Gasteiger partial charge in [0.1, 0.15) is 11.2 Å². The lowest BCUT2D eigenvalue weighted by Crippen LogP contribution is -2.51. The third kappa shape index (κ3) is 11.3. The number of allylic oxidation sites excluding steroid dienone is 1. The van der Waals surface area contributed by atoms with Crippen molar-refractivity contribution >= 4 is 63.4 Å². The number of benzene rings is 3. The van der Waals surface area contributed by atoms with Crippen LogP contribution in [0, 0.1) is 23.7 Å². The Balaban J connectivity index is 0.000000237. The first-order valence-electron chi connectivity index (χ1n) is 23.8. The van der Waals surface area contributed by atoms with Crippen molar-refractivity contribution in [2.75, 3.05) is 39.3 Å². The maximum absolute atomic E-state index is 14.5. The minimum atomic E-state index is -4.37. The van der Waals surface area contributed by atoms with Crippen molar-refractivity contribution in [3.8, 4) is 5.75 Å². The number of hydrogen-bond donors (Lipinski definition) is 1. The van der Waals surface area contributed by atoms with E-state index in [4.69, 9.17) is 9.15 Å². The Morgan fingerprint density at radius 3 is 2.33 bits per heavy atom. The van der Waals surface area contributed by atoms with E-state index in [-0.39, 0.29) is 60.1 Å². The van der Waals surface area contributed by atoms with Crippen LogP contribution in [0.4, 0.5) is 18.0 Å². The highest BCUT2D eigenvalue weighted by molar-refractivity contribution is 8.18. The zero-order chi connectivity index (χ0) is 50.4. The number of rotatable bonds is 12. The number of alkyl halides is 3. The number of nitrogens with zero attached hydrogens (tertiary/aromatic N) is 4. The summed E-state index contributed by atoms with van der Waals surface area (Å²) in [7, 11) is 0. The van der Waals surface area contributed by atoms with Gasteiger partial charge in [0.15, 0.2) is 5.76 Å². The summed E-state index contributed by atoms with van der Waals surface area (Å²) in [5.41, 5.74) is 0.460. The van der Waals surface area contributed by atoms with Crippen LogP contribution in [0.5, 0.6) is 5.75 Å². The number of thioether (sulfide) groups is 1. The van der Waals surface area contributed by atoms with Crippen molar-refractivity contribution in [3.63, 3.8) is 0 Å². The number of phenolic OH excluding ortho intramolecular Hbond substituents is 1. The quantitative estimate of drug-likeness (QED) is 0.107. The predicted molar refractivity (Wildman–Crippen MR) is 259 cm³/mol. The Bertz CT molecular complexity index is 2670. The van der Waals surface area contributed by atoms with Crippen LogP contribution in [-0.2, 0) is 30.5 Å². The van der Waals surface area contributed by atoms with Crippen molar-refractivity contribution in [3.05, 3.63) is 118 Å². The van der Waals surface area contributed by atoms with Gasteiger partial charge in [-0.1, -0.05) is 81.3 Å². The molecule has 4 heterocycles. The SMILES string of the molecule is CCC(C)(CN1C(=O)S/C(=C/c2ccc(O)c(C)c2)C1=O)CC(F)(F)F.CCOC(=O)[C@@]12CCCCCC=C1N(Cc1cccc3ccccc13)C(=O)[C@H]2CC(=O)N1CCN(C(=O)c2ccco2)CC1. The number of esters is 1. The number of aryl methyl sites for hydroxylation is 1. The molecule has 4 aliphatic rings. The van der Waals surface area contributed by atoms with E-state index in [1.54, 1.807) is 59.7 Å². The number of piperazine rings is 1. The lowest BCUT2D eigenvalue weighted by Gasteiger charge is -2.37. The molecule has 70 heavy (non-hydrogen) atoms. The van der Waals surface area contributed by atoms with Gasteiger partial charge in [-0.25, -0.2) is 0 Å². The molecule has 0 bridgehead atoms. The van der Waals surface area contributed by atoms with Gasteiger partial charge in [0, 0.05) is 44.8 Å². The number of ether oxygens (including phenoxy) is 1. The Labute approximate surface area is 409 Å². The number of aromatic hydroxyl groups is 1. The Morgan fingerprint density at radius 1 is 0.914 bits per heavy atom. The van der Waals surface area contributed by atoms with Gasteiger partial charge < -0.3 is 29.0 Å². The fourth-order valence-electron chi connectivity index (χ4n) is 9.86. The molecule has 3 saturated heterocycles. The molecule has 1 aliphatic carbocycles. The lowest BCUT2D eigenvalue weighted by atomic mass is 9.69. The topological polar surface area (TPSA) is 158 Å². The molecule has 13 nitrogen and oxygen atoms in total. The number of imide groups is 1. The third-order valence-corrected chi connectivity index (χ3v) is 14.7. The molecule has 4 aromatic rings. The van der Waals surface area contributed by atoms with E-state index in [1.165, 1.54) is 25.3 Å². The van der Waals surface area contributed by atoms with Crippen LogP contribution in [0.1, 0.15) is 99.4 Å². The highest BCUT2D eigenvalue weighted by Gasteiger charge is 2.61. The second-order valence-corrected chi connectivity index (χ2v) is 19.6. The van der Waals surface area contributed by atoms with E-state index >= 15 is 0 Å². The highest BCUT2D eigenvalue weighted by Crippen LogP contribution is 2.53. The van der Waals surface area contributed by atoms with Gasteiger partial charge >= 0.3 is 12.1 Å². The molecule has 1 unspecified atom stereocenters. The second kappa shape index (κ2) is 21.7. The first-order chi connectivity index (χ1) is 33.4. The first kappa shape index (κ1) is 51.5. The smallest absolute Gasteiger partial charge is 0.389 e. The maximum Gasteiger partial charge on any atom is 0.389 e. The molecule has 17 heteroatoms. The molecule has 0 saturated carbocycles. The number of fused-ring (bicyclic) bond motifs is 2. The summed E-state index contributed by atoms with van der Waals surface area (Å²) in [6, 6.07) is 22.2. The summed E-state index contributed by atoms with van der Waals surface area (Å²) in [5.74, 6) is -2.10. The number of amides is 5. The standard InChI is InChI=1S/C35H39N3O6.C18H20F3NO3S/c1-2-43-34(42)35-17-8-4-3-5-16-30(35)38(24-26-13-9-12-25-11-6-7-14-27(25)26)32(40)28(35)23-31(39)36-18-20-37(21-19-36)33(41)29-15-10-22-44-29;1-4-17(3,9-18(19,20)21)10-22-15(24)14(26-16(22)25)8-12-5-6-13(23)11(2)7-12/h6-7,9-16,22,28H,2-5,8,17-21,23-24H2,1H3;5-8,23H,4,9-10H2,1-3H3/b;14-8+/t28-,35-;/m1./s1. The third-order valence-electron chi connectivity index (χ3n) is 13.8. The number of phenols is 1. The normalized spacial score (nSPS) is 21.2. The van der Waals surface area contributed by atoms with Crippen LogP contribution in [0.3, 0.4) is 0 Å². The number of likely N-dealkylation sites (tertiary alicyclic amines) is 1. The van der Waals surface area contributed by atoms with Gasteiger partial charge in [-0.05, 0) is 115 Å². The van der Waals surface area contributed by atoms with Crippen molar-refractivity contribution in [1.29, 1.82) is 0 Å². The second-order valence-electron chi connectivity index (χ2n) is 18.6. The molecule has 0 radical (unpaired) electrons. The Hall–Kier alpha value is -6.36. The molecule has 1 N–H and O–H groups in total. The van der Waals surface area contributed by atoms with Crippen LogP contribution in [0.25, 0.3) is 16.8 Å². The lowest BCUT2D eigenvalue weighted by molar-refractivity contribution is -0.160. The highest BCUT2D eigenvalue weighted by atomic mass is 32.2. The number of hydrogen-bond acceptors (Lipinski definition) is 10. The van der Waals surface area contributed by atoms with Crippen LogP contribution in [-0.4, -0.2) is 105 Å². The Kier molecular flexibility index (Phi) is 16.0. The van der Waals surface area contributed by atoms with Crippen LogP contribution in [0.2, 0.25) is 0 Å². The number of halogens is 3.